The summed E-state index contributed by atoms with van der Waals surface area (Å²) in [7, 11) is 0. The van der Waals surface area contributed by atoms with Gasteiger partial charge < -0.3 is 14.8 Å². The average Bonchev–Trinajstić information content (AvgIpc) is 3.25. The fourth-order valence-electron chi connectivity index (χ4n) is 2.96. The molecule has 0 aliphatic carbocycles. The quantitative estimate of drug-likeness (QED) is 0.675. The Bertz CT molecular complexity index is 906. The minimum Gasteiger partial charge on any atom is -0.493 e. The summed E-state index contributed by atoms with van der Waals surface area (Å²) in [5, 5.41) is 3.70. The minimum atomic E-state index is -0.173. The summed E-state index contributed by atoms with van der Waals surface area (Å²) < 4.78 is 11.2. The van der Waals surface area contributed by atoms with Gasteiger partial charge in [0.2, 0.25) is 0 Å². The van der Waals surface area contributed by atoms with Gasteiger partial charge in [-0.15, -0.1) is 11.3 Å². The third-order valence-electron chi connectivity index (χ3n) is 4.60. The van der Waals surface area contributed by atoms with Crippen LogP contribution in [0, 0.1) is 5.92 Å². The Kier molecular flexibility index (Phi) is 5.94. The molecule has 3 heterocycles. The SMILES string of the molecule is O=C(Nc1ccc(OCC2CCOCC2)cc1)c1cnc(-c2ccncc2)s1. The van der Waals surface area contributed by atoms with Crippen molar-refractivity contribution in [1.82, 2.24) is 9.97 Å². The van der Waals surface area contributed by atoms with E-state index in [2.05, 4.69) is 15.3 Å². The molecular formula is C21H21N3O3S. The molecule has 1 saturated heterocycles. The van der Waals surface area contributed by atoms with Crippen molar-refractivity contribution in [2.45, 2.75) is 12.8 Å². The molecule has 0 unspecified atom stereocenters. The van der Waals surface area contributed by atoms with Gasteiger partial charge >= 0.3 is 0 Å². The van der Waals surface area contributed by atoms with Crippen LogP contribution in [0.4, 0.5) is 5.69 Å². The Morgan fingerprint density at radius 1 is 1.14 bits per heavy atom. The molecule has 3 aromatic rings. The maximum atomic E-state index is 12.5. The van der Waals surface area contributed by atoms with E-state index in [-0.39, 0.29) is 5.91 Å². The standard InChI is InChI=1S/C21H21N3O3S/c25-20(19-13-23-21(28-19)16-5-9-22-10-6-16)24-17-1-3-18(4-2-17)27-14-15-7-11-26-12-8-15/h1-6,9-10,13,15H,7-8,11-12,14H2,(H,24,25). The van der Waals surface area contributed by atoms with Gasteiger partial charge in [0.05, 0.1) is 12.8 Å². The highest BCUT2D eigenvalue weighted by Crippen LogP contribution is 2.25. The maximum absolute atomic E-state index is 12.5. The van der Waals surface area contributed by atoms with Crippen LogP contribution in [-0.4, -0.2) is 35.7 Å². The van der Waals surface area contributed by atoms with Gasteiger partial charge in [0.1, 0.15) is 15.6 Å². The largest absolute Gasteiger partial charge is 0.493 e. The number of aromatic nitrogens is 2. The van der Waals surface area contributed by atoms with Gasteiger partial charge in [-0.2, -0.15) is 0 Å². The van der Waals surface area contributed by atoms with E-state index in [0.717, 1.165) is 48.1 Å². The van der Waals surface area contributed by atoms with Crippen molar-refractivity contribution in [3.05, 3.63) is 59.9 Å². The minimum absolute atomic E-state index is 0.173. The molecule has 1 N–H and O–H groups in total. The molecule has 1 fully saturated rings. The monoisotopic (exact) mass is 395 g/mol. The summed E-state index contributed by atoms with van der Waals surface area (Å²) in [6, 6.07) is 11.2. The number of nitrogens with zero attached hydrogens (tertiary/aromatic N) is 2. The number of benzene rings is 1. The number of carbonyl (C=O) groups is 1. The maximum Gasteiger partial charge on any atom is 0.267 e. The van der Waals surface area contributed by atoms with Crippen molar-refractivity contribution in [2.75, 3.05) is 25.1 Å². The summed E-state index contributed by atoms with van der Waals surface area (Å²) in [5.41, 5.74) is 1.67. The molecule has 28 heavy (non-hydrogen) atoms. The van der Waals surface area contributed by atoms with E-state index in [9.17, 15) is 4.79 Å². The fraction of sp³-hybridized carbons (Fsp3) is 0.286. The van der Waals surface area contributed by atoms with Gasteiger partial charge in [-0.1, -0.05) is 0 Å². The lowest BCUT2D eigenvalue weighted by atomic mass is 10.0. The highest BCUT2D eigenvalue weighted by atomic mass is 32.1. The highest BCUT2D eigenvalue weighted by molar-refractivity contribution is 7.17. The van der Waals surface area contributed by atoms with Crippen molar-refractivity contribution in [3.8, 4) is 16.3 Å². The normalized spacial score (nSPS) is 14.6. The first-order chi connectivity index (χ1) is 13.8. The third-order valence-corrected chi connectivity index (χ3v) is 5.64. The van der Waals surface area contributed by atoms with E-state index in [0.29, 0.717) is 17.4 Å². The van der Waals surface area contributed by atoms with Crippen LogP contribution in [0.2, 0.25) is 0 Å². The second-order valence-electron chi connectivity index (χ2n) is 6.61. The molecule has 0 saturated carbocycles. The molecule has 1 amide bonds. The summed E-state index contributed by atoms with van der Waals surface area (Å²) in [6.07, 6.45) is 7.11. The Morgan fingerprint density at radius 2 is 1.89 bits per heavy atom. The number of thiazole rings is 1. The van der Waals surface area contributed by atoms with Gasteiger partial charge in [-0.25, -0.2) is 4.98 Å². The van der Waals surface area contributed by atoms with Gasteiger partial charge in [0, 0.05) is 36.9 Å². The molecule has 1 aliphatic rings. The first kappa shape index (κ1) is 18.6. The Labute approximate surface area is 167 Å². The number of ether oxygens (including phenoxy) is 2. The zero-order valence-corrected chi connectivity index (χ0v) is 16.2. The molecule has 1 aliphatic heterocycles. The number of carbonyl (C=O) groups excluding carboxylic acids is 1. The van der Waals surface area contributed by atoms with Crippen LogP contribution < -0.4 is 10.1 Å². The average molecular weight is 395 g/mol. The molecule has 7 heteroatoms. The van der Waals surface area contributed by atoms with Gasteiger partial charge in [0.25, 0.3) is 5.91 Å². The Morgan fingerprint density at radius 3 is 2.64 bits per heavy atom. The summed E-state index contributed by atoms with van der Waals surface area (Å²) in [5.74, 6) is 1.19. The first-order valence-corrected chi connectivity index (χ1v) is 10.1. The van der Waals surface area contributed by atoms with Crippen molar-refractivity contribution in [1.29, 1.82) is 0 Å². The van der Waals surface area contributed by atoms with Crippen molar-refractivity contribution in [2.24, 2.45) is 5.92 Å². The Hall–Kier alpha value is -2.77. The third kappa shape index (κ3) is 4.74. The number of hydrogen-bond donors (Lipinski definition) is 1. The van der Waals surface area contributed by atoms with E-state index < -0.39 is 0 Å². The predicted molar refractivity (Wildman–Crippen MR) is 109 cm³/mol. The number of pyridine rings is 1. The van der Waals surface area contributed by atoms with Crippen LogP contribution in [0.15, 0.2) is 55.0 Å². The van der Waals surface area contributed by atoms with E-state index in [4.69, 9.17) is 9.47 Å². The summed E-state index contributed by atoms with van der Waals surface area (Å²) in [6.45, 7) is 2.34. The zero-order valence-electron chi connectivity index (χ0n) is 15.3. The van der Waals surface area contributed by atoms with Gasteiger partial charge in [-0.05, 0) is 55.2 Å². The van der Waals surface area contributed by atoms with Crippen LogP contribution in [-0.2, 0) is 4.74 Å². The van der Waals surface area contributed by atoms with Crippen LogP contribution in [0.5, 0.6) is 5.75 Å². The lowest BCUT2D eigenvalue weighted by Crippen LogP contribution is -2.21. The van der Waals surface area contributed by atoms with Crippen molar-refractivity contribution in [3.63, 3.8) is 0 Å². The van der Waals surface area contributed by atoms with Crippen molar-refractivity contribution >= 4 is 22.9 Å². The molecule has 0 radical (unpaired) electrons. The zero-order chi connectivity index (χ0) is 19.2. The molecule has 6 nitrogen and oxygen atoms in total. The number of hydrogen-bond acceptors (Lipinski definition) is 6. The van der Waals surface area contributed by atoms with Crippen LogP contribution in [0.25, 0.3) is 10.6 Å². The summed E-state index contributed by atoms with van der Waals surface area (Å²) in [4.78, 5) is 21.4. The van der Waals surface area contributed by atoms with Crippen LogP contribution in [0.1, 0.15) is 22.5 Å². The molecule has 0 atom stereocenters. The molecule has 0 bridgehead atoms. The fourth-order valence-corrected chi connectivity index (χ4v) is 3.78. The molecule has 2 aromatic heterocycles. The lowest BCUT2D eigenvalue weighted by Gasteiger charge is -2.22. The predicted octanol–water partition coefficient (Wildman–Crippen LogP) is 4.26. The number of amides is 1. The van der Waals surface area contributed by atoms with E-state index in [1.807, 2.05) is 36.4 Å². The molecule has 1 aromatic carbocycles. The second-order valence-corrected chi connectivity index (χ2v) is 7.64. The molecule has 4 rings (SSSR count). The number of rotatable bonds is 6. The van der Waals surface area contributed by atoms with Crippen molar-refractivity contribution < 1.29 is 14.3 Å². The number of anilines is 1. The molecule has 144 valence electrons. The molecule has 0 spiro atoms. The smallest absolute Gasteiger partial charge is 0.267 e. The first-order valence-electron chi connectivity index (χ1n) is 9.26. The van der Waals surface area contributed by atoms with Crippen LogP contribution in [0.3, 0.4) is 0 Å². The van der Waals surface area contributed by atoms with Crippen LogP contribution >= 0.6 is 11.3 Å². The van der Waals surface area contributed by atoms with E-state index >= 15 is 0 Å². The van der Waals surface area contributed by atoms with E-state index in [1.54, 1.807) is 18.6 Å². The van der Waals surface area contributed by atoms with Gasteiger partial charge in [-0.3, -0.25) is 9.78 Å². The lowest BCUT2D eigenvalue weighted by molar-refractivity contribution is 0.0497. The summed E-state index contributed by atoms with van der Waals surface area (Å²) >= 11 is 1.35. The molecular weight excluding hydrogens is 374 g/mol. The topological polar surface area (TPSA) is 73.3 Å². The second kappa shape index (κ2) is 8.95. The highest BCUT2D eigenvalue weighted by Gasteiger charge is 2.15. The Balaban J connectivity index is 1.32. The number of nitrogens with one attached hydrogen (secondary N) is 1. The van der Waals surface area contributed by atoms with E-state index in [1.165, 1.54) is 11.3 Å². The van der Waals surface area contributed by atoms with Gasteiger partial charge in [0.15, 0.2) is 0 Å².